The summed E-state index contributed by atoms with van der Waals surface area (Å²) in [6.07, 6.45) is 3.67. The van der Waals surface area contributed by atoms with Gasteiger partial charge in [0.25, 0.3) is 5.56 Å². The molecule has 0 fully saturated rings. The third kappa shape index (κ3) is 8.34. The van der Waals surface area contributed by atoms with Gasteiger partial charge in [-0.3, -0.25) is 14.2 Å². The summed E-state index contributed by atoms with van der Waals surface area (Å²) in [5, 5.41) is 3.22. The maximum atomic E-state index is 13.4. The van der Waals surface area contributed by atoms with E-state index < -0.39 is 0 Å². The molecule has 0 radical (unpaired) electrons. The molecule has 1 atom stereocenters. The van der Waals surface area contributed by atoms with E-state index in [1.807, 2.05) is 48.5 Å². The van der Waals surface area contributed by atoms with E-state index in [4.69, 9.17) is 19.2 Å². The fourth-order valence-corrected chi connectivity index (χ4v) is 5.38. The molecule has 39 heavy (non-hydrogen) atoms. The van der Waals surface area contributed by atoms with Gasteiger partial charge in [-0.1, -0.05) is 67.9 Å². The van der Waals surface area contributed by atoms with Crippen molar-refractivity contribution in [2.24, 2.45) is 7.05 Å². The predicted octanol–water partition coefficient (Wildman–Crippen LogP) is 4.54. The first-order chi connectivity index (χ1) is 18.9. The zero-order valence-corrected chi connectivity index (χ0v) is 24.3. The first-order valence-corrected chi connectivity index (χ1v) is 14.1. The topological polar surface area (TPSA) is 91.7 Å². The molecule has 1 heterocycles. The van der Waals surface area contributed by atoms with Crippen molar-refractivity contribution in [1.82, 2.24) is 14.9 Å². The Hall–Kier alpha value is -3.30. The lowest BCUT2D eigenvalue weighted by atomic mass is 10.0. The average Bonchev–Trinajstić information content (AvgIpc) is 2.96. The number of thioether (sulfide) groups is 1. The van der Waals surface area contributed by atoms with Crippen LogP contribution >= 0.6 is 11.8 Å². The highest BCUT2D eigenvalue weighted by Gasteiger charge is 2.23. The van der Waals surface area contributed by atoms with Crippen LogP contribution in [-0.2, 0) is 36.0 Å². The molecule has 9 heteroatoms. The second-order valence-corrected chi connectivity index (χ2v) is 10.4. The maximum Gasteiger partial charge on any atom is 0.257 e. The summed E-state index contributed by atoms with van der Waals surface area (Å²) in [5.41, 5.74) is 3.16. The number of ether oxygens (including phenoxy) is 3. The Bertz CT molecular complexity index is 1280. The minimum atomic E-state index is -0.371. The molecule has 210 valence electrons. The van der Waals surface area contributed by atoms with Gasteiger partial charge in [-0.2, -0.15) is 0 Å². The van der Waals surface area contributed by atoms with Crippen molar-refractivity contribution in [2.75, 3.05) is 27.9 Å². The van der Waals surface area contributed by atoms with Gasteiger partial charge in [-0.25, -0.2) is 4.98 Å². The van der Waals surface area contributed by atoms with E-state index in [0.29, 0.717) is 53.7 Å². The molecule has 1 amide bonds. The van der Waals surface area contributed by atoms with E-state index >= 15 is 0 Å². The van der Waals surface area contributed by atoms with Crippen molar-refractivity contribution in [3.05, 3.63) is 81.3 Å². The Morgan fingerprint density at radius 1 is 1.05 bits per heavy atom. The van der Waals surface area contributed by atoms with Crippen LogP contribution in [-0.4, -0.2) is 48.6 Å². The summed E-state index contributed by atoms with van der Waals surface area (Å²) < 4.78 is 17.6. The summed E-state index contributed by atoms with van der Waals surface area (Å²) >= 11 is 1.34. The van der Waals surface area contributed by atoms with Crippen molar-refractivity contribution >= 4 is 17.7 Å². The highest BCUT2D eigenvalue weighted by Crippen LogP contribution is 2.28. The number of rotatable bonds is 15. The van der Waals surface area contributed by atoms with Crippen LogP contribution in [0.3, 0.4) is 0 Å². The minimum absolute atomic E-state index is 0.0650. The predicted molar refractivity (Wildman–Crippen MR) is 155 cm³/mol. The van der Waals surface area contributed by atoms with E-state index in [2.05, 4.69) is 12.2 Å². The Morgan fingerprint density at radius 3 is 2.46 bits per heavy atom. The molecule has 1 aromatic heterocycles. The molecule has 0 aliphatic carbocycles. The Kier molecular flexibility index (Phi) is 11.9. The number of nitrogens with zero attached hydrogens (tertiary/aromatic N) is 2. The van der Waals surface area contributed by atoms with Crippen LogP contribution in [0.4, 0.5) is 0 Å². The molecule has 0 spiro atoms. The fourth-order valence-electron chi connectivity index (χ4n) is 4.25. The second-order valence-electron chi connectivity index (χ2n) is 9.26. The van der Waals surface area contributed by atoms with E-state index in [-0.39, 0.29) is 23.3 Å². The summed E-state index contributed by atoms with van der Waals surface area (Å²) in [5.74, 6) is 1.26. The normalized spacial score (nSPS) is 11.7. The standard InChI is InChI=1S/C30H39N3O5S/c1-6-7-13-27(28(34)31-17-16-22-14-15-25(37-4)26(19-22)38-5)39-30-32-24(20-36-3)23(29(35)33(30)2)18-21-11-9-8-10-12-21/h8-12,14-15,19,27H,6-7,13,16-18,20H2,1-5H3,(H,31,34). The molecular weight excluding hydrogens is 514 g/mol. The number of nitrogens with one attached hydrogen (secondary N) is 1. The molecule has 0 saturated heterocycles. The Labute approximate surface area is 235 Å². The summed E-state index contributed by atoms with van der Waals surface area (Å²) in [6, 6.07) is 15.6. The van der Waals surface area contributed by atoms with Crippen LogP contribution in [0.5, 0.6) is 11.5 Å². The highest BCUT2D eigenvalue weighted by molar-refractivity contribution is 8.00. The molecule has 2 aromatic carbocycles. The van der Waals surface area contributed by atoms with Crippen LogP contribution < -0.4 is 20.3 Å². The number of hydrogen-bond acceptors (Lipinski definition) is 7. The third-order valence-electron chi connectivity index (χ3n) is 6.45. The van der Waals surface area contributed by atoms with Crippen molar-refractivity contribution in [3.8, 4) is 11.5 Å². The third-order valence-corrected chi connectivity index (χ3v) is 7.76. The van der Waals surface area contributed by atoms with Crippen molar-refractivity contribution < 1.29 is 19.0 Å². The first-order valence-electron chi connectivity index (χ1n) is 13.2. The number of benzene rings is 2. The zero-order chi connectivity index (χ0) is 28.2. The average molecular weight is 554 g/mol. The molecular formula is C30H39N3O5S. The smallest absolute Gasteiger partial charge is 0.257 e. The van der Waals surface area contributed by atoms with Gasteiger partial charge in [0.05, 0.1) is 31.8 Å². The van der Waals surface area contributed by atoms with Crippen LogP contribution in [0.2, 0.25) is 0 Å². The summed E-state index contributed by atoms with van der Waals surface area (Å²) in [4.78, 5) is 31.5. The van der Waals surface area contributed by atoms with Gasteiger partial charge in [0.1, 0.15) is 0 Å². The lowest BCUT2D eigenvalue weighted by Crippen LogP contribution is -2.35. The van der Waals surface area contributed by atoms with Gasteiger partial charge in [-0.15, -0.1) is 0 Å². The number of amides is 1. The summed E-state index contributed by atoms with van der Waals surface area (Å²) in [6.45, 7) is 2.80. The van der Waals surface area contributed by atoms with E-state index in [1.165, 1.54) is 11.8 Å². The molecule has 0 saturated carbocycles. The van der Waals surface area contributed by atoms with E-state index in [1.54, 1.807) is 32.9 Å². The molecule has 1 unspecified atom stereocenters. The fraction of sp³-hybridized carbons (Fsp3) is 0.433. The van der Waals surface area contributed by atoms with E-state index in [0.717, 1.165) is 24.0 Å². The Balaban J connectivity index is 1.76. The molecule has 1 N–H and O–H groups in total. The van der Waals surface area contributed by atoms with Crippen molar-refractivity contribution in [3.63, 3.8) is 0 Å². The van der Waals surface area contributed by atoms with E-state index in [9.17, 15) is 9.59 Å². The molecule has 0 bridgehead atoms. The molecule has 8 nitrogen and oxygen atoms in total. The van der Waals surface area contributed by atoms with Crippen molar-refractivity contribution in [2.45, 2.75) is 56.0 Å². The number of methoxy groups -OCH3 is 3. The number of unbranched alkanes of at least 4 members (excludes halogenated alkanes) is 1. The maximum absolute atomic E-state index is 13.4. The second kappa shape index (κ2) is 15.3. The lowest BCUT2D eigenvalue weighted by molar-refractivity contribution is -0.120. The number of carbonyl (C=O) groups is 1. The highest BCUT2D eigenvalue weighted by atomic mass is 32.2. The van der Waals surface area contributed by atoms with Gasteiger partial charge in [0.15, 0.2) is 16.7 Å². The quantitative estimate of drug-likeness (QED) is 0.218. The van der Waals surface area contributed by atoms with Crippen LogP contribution in [0, 0.1) is 0 Å². The zero-order valence-electron chi connectivity index (χ0n) is 23.5. The van der Waals surface area contributed by atoms with Crippen molar-refractivity contribution in [1.29, 1.82) is 0 Å². The Morgan fingerprint density at radius 2 is 1.79 bits per heavy atom. The van der Waals surface area contributed by atoms with Gasteiger partial charge < -0.3 is 19.5 Å². The lowest BCUT2D eigenvalue weighted by Gasteiger charge is -2.19. The number of carbonyl (C=O) groups excluding carboxylic acids is 1. The van der Waals surface area contributed by atoms with Crippen LogP contribution in [0.25, 0.3) is 0 Å². The van der Waals surface area contributed by atoms with Gasteiger partial charge in [-0.05, 0) is 36.1 Å². The van der Waals surface area contributed by atoms with Crippen LogP contribution in [0.1, 0.15) is 48.6 Å². The number of hydrogen-bond donors (Lipinski definition) is 1. The van der Waals surface area contributed by atoms with Gasteiger partial charge in [0, 0.05) is 32.7 Å². The number of aromatic nitrogens is 2. The SMILES string of the molecule is CCCCC(Sc1nc(COC)c(Cc2ccccc2)c(=O)n1C)C(=O)NCCc1ccc(OC)c(OC)c1. The summed E-state index contributed by atoms with van der Waals surface area (Å²) in [7, 11) is 6.51. The first kappa shape index (κ1) is 30.2. The van der Waals surface area contributed by atoms with Gasteiger partial charge in [0.2, 0.25) is 5.91 Å². The molecule has 0 aliphatic rings. The molecule has 3 aromatic rings. The van der Waals surface area contributed by atoms with Gasteiger partial charge >= 0.3 is 0 Å². The monoisotopic (exact) mass is 553 g/mol. The van der Waals surface area contributed by atoms with Crippen LogP contribution in [0.15, 0.2) is 58.5 Å². The molecule has 3 rings (SSSR count). The largest absolute Gasteiger partial charge is 0.493 e. The molecule has 0 aliphatic heterocycles. The minimum Gasteiger partial charge on any atom is -0.493 e.